The van der Waals surface area contributed by atoms with E-state index < -0.39 is 6.04 Å². The number of carbonyl (C=O) groups is 1. The Labute approximate surface area is 111 Å². The second-order valence-corrected chi connectivity index (χ2v) is 4.70. The van der Waals surface area contributed by atoms with Crippen molar-refractivity contribution in [2.45, 2.75) is 26.4 Å². The zero-order valence-electron chi connectivity index (χ0n) is 9.91. The Morgan fingerprint density at radius 1 is 1.41 bits per heavy atom. The van der Waals surface area contributed by atoms with Crippen molar-refractivity contribution in [2.24, 2.45) is 5.73 Å². The highest BCUT2D eigenvalue weighted by molar-refractivity contribution is 6.42. The molecule has 0 saturated carbocycles. The summed E-state index contributed by atoms with van der Waals surface area (Å²) in [5, 5.41) is 1.01. The summed E-state index contributed by atoms with van der Waals surface area (Å²) in [5.41, 5.74) is 6.52. The van der Waals surface area contributed by atoms with Crippen LogP contribution in [-0.2, 0) is 11.3 Å². The molecule has 2 N–H and O–H groups in total. The Morgan fingerprint density at radius 3 is 2.53 bits per heavy atom. The molecule has 3 nitrogen and oxygen atoms in total. The van der Waals surface area contributed by atoms with Gasteiger partial charge < -0.3 is 10.6 Å². The van der Waals surface area contributed by atoms with Crippen molar-refractivity contribution in [3.8, 4) is 0 Å². The van der Waals surface area contributed by atoms with Gasteiger partial charge in [-0.3, -0.25) is 4.79 Å². The van der Waals surface area contributed by atoms with Crippen LogP contribution in [0.1, 0.15) is 19.4 Å². The summed E-state index contributed by atoms with van der Waals surface area (Å²) in [4.78, 5) is 13.5. The fourth-order valence-electron chi connectivity index (χ4n) is 1.49. The molecule has 1 atom stereocenters. The SMILES string of the molecule is CCN(Cc1ccc(Cl)c(Cl)c1)C(=O)[C@H](C)N. The zero-order chi connectivity index (χ0) is 13.0. The van der Waals surface area contributed by atoms with Crippen molar-refractivity contribution in [1.29, 1.82) is 0 Å². The van der Waals surface area contributed by atoms with Crippen LogP contribution in [0.3, 0.4) is 0 Å². The molecule has 1 rings (SSSR count). The molecule has 0 aromatic heterocycles. The Balaban J connectivity index is 2.80. The molecule has 1 aromatic carbocycles. The van der Waals surface area contributed by atoms with E-state index in [-0.39, 0.29) is 5.91 Å². The first-order chi connectivity index (χ1) is 7.95. The van der Waals surface area contributed by atoms with Crippen molar-refractivity contribution >= 4 is 29.1 Å². The van der Waals surface area contributed by atoms with E-state index in [0.29, 0.717) is 23.1 Å². The topological polar surface area (TPSA) is 46.3 Å². The number of likely N-dealkylation sites (N-methyl/N-ethyl adjacent to an activating group) is 1. The average Bonchev–Trinajstić information content (AvgIpc) is 2.29. The molecule has 0 fully saturated rings. The minimum absolute atomic E-state index is 0.0708. The maximum atomic E-state index is 11.8. The fourth-order valence-corrected chi connectivity index (χ4v) is 1.81. The third-order valence-electron chi connectivity index (χ3n) is 2.44. The van der Waals surface area contributed by atoms with Gasteiger partial charge in [-0.05, 0) is 31.5 Å². The highest BCUT2D eigenvalue weighted by Gasteiger charge is 2.16. The second-order valence-electron chi connectivity index (χ2n) is 3.89. The summed E-state index contributed by atoms with van der Waals surface area (Å²) in [6.45, 7) is 4.70. The molecule has 5 heteroatoms. The number of rotatable bonds is 4. The number of hydrogen-bond acceptors (Lipinski definition) is 2. The van der Waals surface area contributed by atoms with Gasteiger partial charge >= 0.3 is 0 Å². The zero-order valence-corrected chi connectivity index (χ0v) is 11.4. The van der Waals surface area contributed by atoms with Crippen molar-refractivity contribution in [3.63, 3.8) is 0 Å². The first-order valence-corrected chi connectivity index (χ1v) is 6.19. The lowest BCUT2D eigenvalue weighted by molar-refractivity contribution is -0.132. The van der Waals surface area contributed by atoms with Gasteiger partial charge in [-0.15, -0.1) is 0 Å². The molecule has 0 aliphatic heterocycles. The largest absolute Gasteiger partial charge is 0.337 e. The maximum Gasteiger partial charge on any atom is 0.239 e. The van der Waals surface area contributed by atoms with E-state index in [1.807, 2.05) is 13.0 Å². The molecule has 0 bridgehead atoms. The molecule has 0 saturated heterocycles. The molecule has 0 radical (unpaired) electrons. The lowest BCUT2D eigenvalue weighted by atomic mass is 10.2. The van der Waals surface area contributed by atoms with Crippen molar-refractivity contribution in [3.05, 3.63) is 33.8 Å². The Bertz CT molecular complexity index is 407. The predicted molar refractivity (Wildman–Crippen MR) is 71.2 cm³/mol. The minimum Gasteiger partial charge on any atom is -0.337 e. The van der Waals surface area contributed by atoms with E-state index in [1.54, 1.807) is 24.0 Å². The highest BCUT2D eigenvalue weighted by Crippen LogP contribution is 2.23. The number of benzene rings is 1. The van der Waals surface area contributed by atoms with E-state index in [9.17, 15) is 4.79 Å². The van der Waals surface area contributed by atoms with Gasteiger partial charge in [0.05, 0.1) is 16.1 Å². The van der Waals surface area contributed by atoms with Gasteiger partial charge in [0.1, 0.15) is 0 Å². The van der Waals surface area contributed by atoms with Crippen LogP contribution in [0.25, 0.3) is 0 Å². The quantitative estimate of drug-likeness (QED) is 0.918. The van der Waals surface area contributed by atoms with Gasteiger partial charge in [-0.1, -0.05) is 29.3 Å². The lowest BCUT2D eigenvalue weighted by Crippen LogP contribution is -2.41. The van der Waals surface area contributed by atoms with E-state index in [0.717, 1.165) is 5.56 Å². The van der Waals surface area contributed by atoms with Crippen LogP contribution < -0.4 is 5.73 Å². The third kappa shape index (κ3) is 3.87. The van der Waals surface area contributed by atoms with Gasteiger partial charge in [0, 0.05) is 13.1 Å². The summed E-state index contributed by atoms with van der Waals surface area (Å²) >= 11 is 11.8. The number of nitrogens with two attached hydrogens (primary N) is 1. The Kier molecular flexibility index (Phi) is 5.25. The molecule has 1 aromatic rings. The summed E-state index contributed by atoms with van der Waals surface area (Å²) in [7, 11) is 0. The van der Waals surface area contributed by atoms with Crippen LogP contribution in [0.4, 0.5) is 0 Å². The number of hydrogen-bond donors (Lipinski definition) is 1. The van der Waals surface area contributed by atoms with Gasteiger partial charge in [0.2, 0.25) is 5.91 Å². The first-order valence-electron chi connectivity index (χ1n) is 5.44. The standard InChI is InChI=1S/C12H16Cl2N2O/c1-3-16(12(17)8(2)15)7-9-4-5-10(13)11(14)6-9/h4-6,8H,3,7,15H2,1-2H3/t8-/m0/s1. The van der Waals surface area contributed by atoms with Crippen LogP contribution in [0.15, 0.2) is 18.2 Å². The Hall–Kier alpha value is -0.770. The summed E-state index contributed by atoms with van der Waals surface area (Å²) in [5.74, 6) is -0.0708. The molecule has 0 unspecified atom stereocenters. The first kappa shape index (κ1) is 14.3. The maximum absolute atomic E-state index is 11.8. The van der Waals surface area contributed by atoms with Crippen molar-refractivity contribution in [1.82, 2.24) is 4.90 Å². The lowest BCUT2D eigenvalue weighted by Gasteiger charge is -2.23. The molecule has 1 amide bonds. The van der Waals surface area contributed by atoms with Crippen LogP contribution in [-0.4, -0.2) is 23.4 Å². The summed E-state index contributed by atoms with van der Waals surface area (Å²) in [6, 6.07) is 4.85. The molecule has 0 spiro atoms. The monoisotopic (exact) mass is 274 g/mol. The number of amides is 1. The molecule has 94 valence electrons. The fraction of sp³-hybridized carbons (Fsp3) is 0.417. The molecule has 0 aliphatic rings. The highest BCUT2D eigenvalue weighted by atomic mass is 35.5. The predicted octanol–water partition coefficient (Wildman–Crippen LogP) is 2.69. The van der Waals surface area contributed by atoms with Gasteiger partial charge in [0.25, 0.3) is 0 Å². The van der Waals surface area contributed by atoms with Crippen molar-refractivity contribution < 1.29 is 4.79 Å². The van der Waals surface area contributed by atoms with Crippen LogP contribution in [0.5, 0.6) is 0 Å². The number of halogens is 2. The normalized spacial score (nSPS) is 12.3. The van der Waals surface area contributed by atoms with Gasteiger partial charge in [-0.2, -0.15) is 0 Å². The van der Waals surface area contributed by atoms with Crippen LogP contribution >= 0.6 is 23.2 Å². The summed E-state index contributed by atoms with van der Waals surface area (Å²) < 4.78 is 0. The Morgan fingerprint density at radius 2 is 2.06 bits per heavy atom. The molecule has 0 heterocycles. The summed E-state index contributed by atoms with van der Waals surface area (Å²) in [6.07, 6.45) is 0. The minimum atomic E-state index is -0.488. The van der Waals surface area contributed by atoms with Crippen LogP contribution in [0.2, 0.25) is 10.0 Å². The molecule has 0 aliphatic carbocycles. The van der Waals surface area contributed by atoms with Gasteiger partial charge in [0.15, 0.2) is 0 Å². The second kappa shape index (κ2) is 6.24. The van der Waals surface area contributed by atoms with E-state index in [2.05, 4.69) is 0 Å². The molecule has 17 heavy (non-hydrogen) atoms. The van der Waals surface area contributed by atoms with Gasteiger partial charge in [-0.25, -0.2) is 0 Å². The average molecular weight is 275 g/mol. The molecular formula is C12H16Cl2N2O. The van der Waals surface area contributed by atoms with E-state index in [4.69, 9.17) is 28.9 Å². The third-order valence-corrected chi connectivity index (χ3v) is 3.18. The molecular weight excluding hydrogens is 259 g/mol. The van der Waals surface area contributed by atoms with Crippen LogP contribution in [0, 0.1) is 0 Å². The number of carbonyl (C=O) groups excluding carboxylic acids is 1. The van der Waals surface area contributed by atoms with E-state index in [1.165, 1.54) is 0 Å². The number of nitrogens with zero attached hydrogens (tertiary/aromatic N) is 1. The smallest absolute Gasteiger partial charge is 0.239 e. The van der Waals surface area contributed by atoms with E-state index >= 15 is 0 Å². The van der Waals surface area contributed by atoms with Crippen molar-refractivity contribution in [2.75, 3.05) is 6.54 Å².